The molecule has 1 heterocycles. The standard InChI is InChI=1S/C7H14O2Si/c1-10(2,3)9-7-5-4-6-8-7/h5H,4,6H2,1-3H3. The van der Waals surface area contributed by atoms with Crippen LogP contribution in [0.2, 0.25) is 19.6 Å². The Labute approximate surface area is 63.0 Å². The van der Waals surface area contributed by atoms with Crippen LogP contribution in [0.4, 0.5) is 0 Å². The first-order valence-corrected chi connectivity index (χ1v) is 7.01. The molecule has 0 aromatic heterocycles. The molecular formula is C7H14O2Si. The third-order valence-electron chi connectivity index (χ3n) is 1.08. The van der Waals surface area contributed by atoms with Crippen LogP contribution in [0.25, 0.3) is 0 Å². The van der Waals surface area contributed by atoms with E-state index < -0.39 is 8.32 Å². The predicted octanol–water partition coefficient (Wildman–Crippen LogP) is 2.10. The van der Waals surface area contributed by atoms with Gasteiger partial charge in [0.1, 0.15) is 0 Å². The Morgan fingerprint density at radius 3 is 2.60 bits per heavy atom. The summed E-state index contributed by atoms with van der Waals surface area (Å²) in [7, 11) is -1.42. The van der Waals surface area contributed by atoms with E-state index in [4.69, 9.17) is 9.16 Å². The van der Waals surface area contributed by atoms with E-state index in [9.17, 15) is 0 Å². The zero-order chi connectivity index (χ0) is 7.61. The highest BCUT2D eigenvalue weighted by atomic mass is 28.4. The Balaban J connectivity index is 2.38. The quantitative estimate of drug-likeness (QED) is 0.573. The Morgan fingerprint density at radius 2 is 2.20 bits per heavy atom. The molecule has 0 fully saturated rings. The van der Waals surface area contributed by atoms with Gasteiger partial charge >= 0.3 is 0 Å². The van der Waals surface area contributed by atoms with Crippen LogP contribution in [0.3, 0.4) is 0 Å². The van der Waals surface area contributed by atoms with E-state index in [2.05, 4.69) is 19.6 Å². The van der Waals surface area contributed by atoms with Gasteiger partial charge in [0.25, 0.3) is 5.95 Å². The largest absolute Gasteiger partial charge is 0.520 e. The summed E-state index contributed by atoms with van der Waals surface area (Å²) in [6.45, 7) is 7.24. The molecule has 10 heavy (non-hydrogen) atoms. The van der Waals surface area contributed by atoms with Gasteiger partial charge in [-0.15, -0.1) is 0 Å². The fourth-order valence-electron chi connectivity index (χ4n) is 0.768. The summed E-state index contributed by atoms with van der Waals surface area (Å²) < 4.78 is 10.8. The van der Waals surface area contributed by atoms with Crippen molar-refractivity contribution in [1.82, 2.24) is 0 Å². The first kappa shape index (κ1) is 7.66. The second-order valence-corrected chi connectivity index (χ2v) is 7.80. The molecule has 0 aromatic carbocycles. The Bertz CT molecular complexity index is 146. The molecule has 0 unspecified atom stereocenters. The minimum absolute atomic E-state index is 0.749. The van der Waals surface area contributed by atoms with Gasteiger partial charge in [-0.1, -0.05) is 0 Å². The van der Waals surface area contributed by atoms with E-state index >= 15 is 0 Å². The second kappa shape index (κ2) is 2.66. The van der Waals surface area contributed by atoms with Gasteiger partial charge in [0.2, 0.25) is 8.32 Å². The average molecular weight is 158 g/mol. The molecule has 58 valence electrons. The number of rotatable bonds is 2. The second-order valence-electron chi connectivity index (χ2n) is 3.37. The van der Waals surface area contributed by atoms with Crippen molar-refractivity contribution in [2.24, 2.45) is 0 Å². The minimum Gasteiger partial charge on any atom is -0.520 e. The molecule has 0 N–H and O–H groups in total. The molecule has 0 aromatic rings. The van der Waals surface area contributed by atoms with Gasteiger partial charge in [0.15, 0.2) is 0 Å². The van der Waals surface area contributed by atoms with Crippen LogP contribution in [0.1, 0.15) is 6.42 Å². The van der Waals surface area contributed by atoms with Crippen LogP contribution >= 0.6 is 0 Å². The number of ether oxygens (including phenoxy) is 1. The van der Waals surface area contributed by atoms with Gasteiger partial charge in [-0.25, -0.2) is 0 Å². The van der Waals surface area contributed by atoms with Crippen LogP contribution in [-0.4, -0.2) is 14.9 Å². The molecule has 0 radical (unpaired) electrons. The lowest BCUT2D eigenvalue weighted by molar-refractivity contribution is 0.128. The maximum atomic E-state index is 5.58. The van der Waals surface area contributed by atoms with E-state index in [1.54, 1.807) is 0 Å². The van der Waals surface area contributed by atoms with Gasteiger partial charge in [-0.05, 0) is 25.7 Å². The first-order chi connectivity index (χ1) is 4.58. The van der Waals surface area contributed by atoms with Crippen molar-refractivity contribution in [1.29, 1.82) is 0 Å². The van der Waals surface area contributed by atoms with Crippen LogP contribution in [0, 0.1) is 0 Å². The molecule has 0 saturated heterocycles. The van der Waals surface area contributed by atoms with E-state index in [0.717, 1.165) is 19.0 Å². The fourth-order valence-corrected chi connectivity index (χ4v) is 1.51. The van der Waals surface area contributed by atoms with E-state index in [1.165, 1.54) is 0 Å². The SMILES string of the molecule is C[Si](C)(C)OC1=CCCO1. The van der Waals surface area contributed by atoms with Crippen LogP contribution in [0.15, 0.2) is 12.0 Å². The molecule has 1 rings (SSSR count). The predicted molar refractivity (Wildman–Crippen MR) is 43.1 cm³/mol. The van der Waals surface area contributed by atoms with Gasteiger partial charge in [0, 0.05) is 6.42 Å². The van der Waals surface area contributed by atoms with Gasteiger partial charge in [-0.3, -0.25) is 0 Å². The molecule has 0 spiro atoms. The fraction of sp³-hybridized carbons (Fsp3) is 0.714. The molecule has 2 nitrogen and oxygen atoms in total. The molecule has 0 aliphatic carbocycles. The monoisotopic (exact) mass is 158 g/mol. The van der Waals surface area contributed by atoms with Crippen molar-refractivity contribution in [3.63, 3.8) is 0 Å². The molecule has 3 heteroatoms. The zero-order valence-electron chi connectivity index (χ0n) is 6.81. The lowest BCUT2D eigenvalue weighted by atomic mass is 10.5. The summed E-state index contributed by atoms with van der Waals surface area (Å²) in [6, 6.07) is 0. The Hall–Kier alpha value is -0.443. The normalized spacial score (nSPS) is 18.1. The maximum absolute atomic E-state index is 5.58. The minimum atomic E-state index is -1.42. The summed E-state index contributed by atoms with van der Waals surface area (Å²) in [5, 5.41) is 0. The van der Waals surface area contributed by atoms with Gasteiger partial charge < -0.3 is 9.16 Å². The smallest absolute Gasteiger partial charge is 0.261 e. The molecule has 0 bridgehead atoms. The van der Waals surface area contributed by atoms with Crippen molar-refractivity contribution >= 4 is 8.32 Å². The molecular weight excluding hydrogens is 144 g/mol. The average Bonchev–Trinajstić information content (AvgIpc) is 2.12. The summed E-state index contributed by atoms with van der Waals surface area (Å²) >= 11 is 0. The number of hydrogen-bond acceptors (Lipinski definition) is 2. The Kier molecular flexibility index (Phi) is 2.04. The van der Waals surface area contributed by atoms with E-state index in [0.29, 0.717) is 0 Å². The Morgan fingerprint density at radius 1 is 1.50 bits per heavy atom. The lowest BCUT2D eigenvalue weighted by Gasteiger charge is -2.18. The van der Waals surface area contributed by atoms with E-state index in [-0.39, 0.29) is 0 Å². The molecule has 1 aliphatic heterocycles. The van der Waals surface area contributed by atoms with Crippen molar-refractivity contribution in [3.8, 4) is 0 Å². The zero-order valence-corrected chi connectivity index (χ0v) is 7.81. The van der Waals surface area contributed by atoms with Crippen molar-refractivity contribution in [2.45, 2.75) is 26.1 Å². The van der Waals surface area contributed by atoms with Gasteiger partial charge in [-0.2, -0.15) is 0 Å². The molecule has 0 amide bonds. The van der Waals surface area contributed by atoms with Crippen molar-refractivity contribution in [3.05, 3.63) is 12.0 Å². The highest BCUT2D eigenvalue weighted by Gasteiger charge is 2.19. The first-order valence-electron chi connectivity index (χ1n) is 3.60. The topological polar surface area (TPSA) is 18.5 Å². The summed E-state index contributed by atoms with van der Waals surface area (Å²) in [4.78, 5) is 0. The molecule has 0 atom stereocenters. The third-order valence-corrected chi connectivity index (χ3v) is 1.89. The molecule has 0 saturated carbocycles. The van der Waals surface area contributed by atoms with Crippen LogP contribution < -0.4 is 0 Å². The third kappa shape index (κ3) is 2.43. The van der Waals surface area contributed by atoms with Crippen molar-refractivity contribution < 1.29 is 9.16 Å². The lowest BCUT2D eigenvalue weighted by Crippen LogP contribution is -2.24. The van der Waals surface area contributed by atoms with Crippen LogP contribution in [-0.2, 0) is 9.16 Å². The highest BCUT2D eigenvalue weighted by Crippen LogP contribution is 2.16. The van der Waals surface area contributed by atoms with Crippen molar-refractivity contribution in [2.75, 3.05) is 6.61 Å². The summed E-state index contributed by atoms with van der Waals surface area (Å²) in [6.07, 6.45) is 3.01. The summed E-state index contributed by atoms with van der Waals surface area (Å²) in [5.41, 5.74) is 0. The van der Waals surface area contributed by atoms with Crippen LogP contribution in [0.5, 0.6) is 0 Å². The van der Waals surface area contributed by atoms with E-state index in [1.807, 2.05) is 6.08 Å². The maximum Gasteiger partial charge on any atom is 0.261 e. The molecule has 1 aliphatic rings. The summed E-state index contributed by atoms with van der Waals surface area (Å²) in [5.74, 6) is 0.749. The van der Waals surface area contributed by atoms with Gasteiger partial charge in [0.05, 0.1) is 6.61 Å². The number of hydrogen-bond donors (Lipinski definition) is 0. The highest BCUT2D eigenvalue weighted by molar-refractivity contribution is 6.69.